The summed E-state index contributed by atoms with van der Waals surface area (Å²) in [5.74, 6) is -0.359. The Balaban J connectivity index is 1.98. The molecule has 0 spiro atoms. The summed E-state index contributed by atoms with van der Waals surface area (Å²) in [4.78, 5) is 25.9. The van der Waals surface area contributed by atoms with Gasteiger partial charge in [-0.15, -0.1) is 0 Å². The van der Waals surface area contributed by atoms with Gasteiger partial charge < -0.3 is 16.0 Å². The first kappa shape index (κ1) is 15.8. The molecule has 6 heteroatoms. The van der Waals surface area contributed by atoms with Crippen molar-refractivity contribution in [2.75, 3.05) is 11.4 Å². The van der Waals surface area contributed by atoms with Crippen molar-refractivity contribution in [3.63, 3.8) is 0 Å². The van der Waals surface area contributed by atoms with Crippen molar-refractivity contribution in [2.45, 2.75) is 38.3 Å². The molecule has 5 nitrogen and oxygen atoms in total. The number of amides is 2. The lowest BCUT2D eigenvalue weighted by molar-refractivity contribution is -0.127. The Bertz CT molecular complexity index is 518. The molecule has 1 aromatic carbocycles. The normalized spacial score (nSPS) is 19.7. The van der Waals surface area contributed by atoms with E-state index < -0.39 is 12.1 Å². The van der Waals surface area contributed by atoms with E-state index in [0.29, 0.717) is 24.4 Å². The first-order valence-electron chi connectivity index (χ1n) is 7.16. The number of carbonyl (C=O) groups excluding carboxylic acids is 2. The van der Waals surface area contributed by atoms with Gasteiger partial charge in [0.05, 0.1) is 6.04 Å². The van der Waals surface area contributed by atoms with Crippen molar-refractivity contribution in [1.82, 2.24) is 5.32 Å². The lowest BCUT2D eigenvalue weighted by atomic mass is 10.1. The number of anilines is 1. The van der Waals surface area contributed by atoms with Crippen LogP contribution in [0.25, 0.3) is 0 Å². The molecular formula is C15H20ClN3O2. The lowest BCUT2D eigenvalue weighted by Gasteiger charge is -2.18. The Hall–Kier alpha value is -1.59. The third kappa shape index (κ3) is 3.74. The van der Waals surface area contributed by atoms with E-state index in [0.717, 1.165) is 12.1 Å². The van der Waals surface area contributed by atoms with Crippen LogP contribution in [0.4, 0.5) is 5.69 Å². The molecule has 21 heavy (non-hydrogen) atoms. The Labute approximate surface area is 129 Å². The number of hydrogen-bond donors (Lipinski definition) is 2. The van der Waals surface area contributed by atoms with E-state index in [1.54, 1.807) is 29.2 Å². The molecule has 1 heterocycles. The van der Waals surface area contributed by atoms with Gasteiger partial charge in [0.15, 0.2) is 0 Å². The molecule has 0 radical (unpaired) electrons. The van der Waals surface area contributed by atoms with Crippen molar-refractivity contribution >= 4 is 29.1 Å². The van der Waals surface area contributed by atoms with Gasteiger partial charge in [-0.25, -0.2) is 0 Å². The van der Waals surface area contributed by atoms with Crippen LogP contribution >= 0.6 is 11.6 Å². The molecule has 0 aliphatic carbocycles. The molecular weight excluding hydrogens is 290 g/mol. The molecule has 1 fully saturated rings. The van der Waals surface area contributed by atoms with Crippen molar-refractivity contribution in [1.29, 1.82) is 0 Å². The quantitative estimate of drug-likeness (QED) is 0.869. The van der Waals surface area contributed by atoms with Crippen molar-refractivity contribution < 1.29 is 9.59 Å². The highest BCUT2D eigenvalue weighted by Gasteiger charge is 2.34. The average Bonchev–Trinajstić information content (AvgIpc) is 2.81. The first-order chi connectivity index (χ1) is 10.0. The molecule has 2 unspecified atom stereocenters. The topological polar surface area (TPSA) is 75.4 Å². The molecule has 3 N–H and O–H groups in total. The predicted octanol–water partition coefficient (Wildman–Crippen LogP) is 1.69. The number of hydrogen-bond acceptors (Lipinski definition) is 3. The summed E-state index contributed by atoms with van der Waals surface area (Å²) in [7, 11) is 0. The molecule has 1 aliphatic rings. The molecule has 0 bridgehead atoms. The summed E-state index contributed by atoms with van der Waals surface area (Å²) in [5, 5.41) is 3.37. The zero-order valence-electron chi connectivity index (χ0n) is 12.0. The SMILES string of the molecule is CCCC(N)C(=O)NC1CCN(c2ccc(Cl)cc2)C1=O. The van der Waals surface area contributed by atoms with Crippen LogP contribution in [0, 0.1) is 0 Å². The Morgan fingerprint density at radius 3 is 2.76 bits per heavy atom. The lowest BCUT2D eigenvalue weighted by Crippen LogP contribution is -2.48. The fourth-order valence-electron chi connectivity index (χ4n) is 2.41. The van der Waals surface area contributed by atoms with Gasteiger partial charge >= 0.3 is 0 Å². The van der Waals surface area contributed by atoms with E-state index in [-0.39, 0.29) is 11.8 Å². The minimum Gasteiger partial charge on any atom is -0.343 e. The number of benzene rings is 1. The van der Waals surface area contributed by atoms with E-state index in [2.05, 4.69) is 5.32 Å². The van der Waals surface area contributed by atoms with Gasteiger partial charge in [0, 0.05) is 17.3 Å². The second kappa shape index (κ2) is 6.91. The maximum Gasteiger partial charge on any atom is 0.249 e. The minimum absolute atomic E-state index is 0.102. The van der Waals surface area contributed by atoms with E-state index in [1.807, 2.05) is 6.92 Å². The van der Waals surface area contributed by atoms with E-state index in [9.17, 15) is 9.59 Å². The standard InChI is InChI=1S/C15H20ClN3O2/c1-2-3-12(17)14(20)18-13-8-9-19(15(13)21)11-6-4-10(16)5-7-11/h4-7,12-13H,2-3,8-9,17H2,1H3,(H,18,20). The van der Waals surface area contributed by atoms with Crippen LogP contribution in [0.3, 0.4) is 0 Å². The number of nitrogens with zero attached hydrogens (tertiary/aromatic N) is 1. The highest BCUT2D eigenvalue weighted by atomic mass is 35.5. The molecule has 114 valence electrons. The van der Waals surface area contributed by atoms with Crippen molar-refractivity contribution in [3.05, 3.63) is 29.3 Å². The Morgan fingerprint density at radius 2 is 2.14 bits per heavy atom. The van der Waals surface area contributed by atoms with Crippen LogP contribution in [0.1, 0.15) is 26.2 Å². The van der Waals surface area contributed by atoms with Crippen LogP contribution in [0.5, 0.6) is 0 Å². The summed E-state index contributed by atoms with van der Waals surface area (Å²) in [6, 6.07) is 6.05. The maximum absolute atomic E-state index is 12.3. The van der Waals surface area contributed by atoms with Gasteiger partial charge in [-0.2, -0.15) is 0 Å². The smallest absolute Gasteiger partial charge is 0.249 e. The fourth-order valence-corrected chi connectivity index (χ4v) is 2.54. The third-order valence-electron chi connectivity index (χ3n) is 3.60. The van der Waals surface area contributed by atoms with Crippen LogP contribution in [-0.2, 0) is 9.59 Å². The Morgan fingerprint density at radius 1 is 1.48 bits per heavy atom. The molecule has 1 saturated heterocycles. The van der Waals surface area contributed by atoms with Gasteiger partial charge in [-0.05, 0) is 37.1 Å². The second-order valence-corrected chi connectivity index (χ2v) is 5.65. The van der Waals surface area contributed by atoms with Crippen LogP contribution in [0.2, 0.25) is 5.02 Å². The van der Waals surface area contributed by atoms with E-state index >= 15 is 0 Å². The summed E-state index contributed by atoms with van der Waals surface area (Å²) in [5.41, 5.74) is 6.55. The van der Waals surface area contributed by atoms with Gasteiger partial charge in [0.1, 0.15) is 6.04 Å². The molecule has 2 amide bonds. The van der Waals surface area contributed by atoms with Crippen LogP contribution in [0.15, 0.2) is 24.3 Å². The summed E-state index contributed by atoms with van der Waals surface area (Å²) < 4.78 is 0. The second-order valence-electron chi connectivity index (χ2n) is 5.21. The van der Waals surface area contributed by atoms with E-state index in [4.69, 9.17) is 17.3 Å². The van der Waals surface area contributed by atoms with Crippen LogP contribution in [-0.4, -0.2) is 30.4 Å². The third-order valence-corrected chi connectivity index (χ3v) is 3.85. The summed E-state index contributed by atoms with van der Waals surface area (Å²) in [6.45, 7) is 2.55. The molecule has 0 aromatic heterocycles. The summed E-state index contributed by atoms with van der Waals surface area (Å²) in [6.07, 6.45) is 2.05. The average molecular weight is 310 g/mol. The van der Waals surface area contributed by atoms with Gasteiger partial charge in [0.25, 0.3) is 0 Å². The van der Waals surface area contributed by atoms with Crippen LogP contribution < -0.4 is 16.0 Å². The highest BCUT2D eigenvalue weighted by Crippen LogP contribution is 2.23. The Kier molecular flexibility index (Phi) is 5.20. The van der Waals surface area contributed by atoms with Crippen molar-refractivity contribution in [2.24, 2.45) is 5.73 Å². The van der Waals surface area contributed by atoms with Gasteiger partial charge in [0.2, 0.25) is 11.8 Å². The first-order valence-corrected chi connectivity index (χ1v) is 7.53. The predicted molar refractivity (Wildman–Crippen MR) is 83.2 cm³/mol. The number of nitrogens with one attached hydrogen (secondary N) is 1. The fraction of sp³-hybridized carbons (Fsp3) is 0.467. The van der Waals surface area contributed by atoms with Gasteiger partial charge in [-0.3, -0.25) is 9.59 Å². The highest BCUT2D eigenvalue weighted by molar-refractivity contribution is 6.30. The van der Waals surface area contributed by atoms with E-state index in [1.165, 1.54) is 0 Å². The maximum atomic E-state index is 12.3. The minimum atomic E-state index is -0.549. The van der Waals surface area contributed by atoms with Gasteiger partial charge in [-0.1, -0.05) is 24.9 Å². The summed E-state index contributed by atoms with van der Waals surface area (Å²) >= 11 is 5.84. The molecule has 2 atom stereocenters. The number of halogens is 1. The zero-order chi connectivity index (χ0) is 15.4. The monoisotopic (exact) mass is 309 g/mol. The zero-order valence-corrected chi connectivity index (χ0v) is 12.8. The molecule has 1 aromatic rings. The number of carbonyl (C=O) groups is 2. The number of nitrogens with two attached hydrogens (primary N) is 1. The van der Waals surface area contributed by atoms with Crippen molar-refractivity contribution in [3.8, 4) is 0 Å². The molecule has 0 saturated carbocycles. The number of rotatable bonds is 5. The molecule has 2 rings (SSSR count). The molecule has 1 aliphatic heterocycles. The largest absolute Gasteiger partial charge is 0.343 e.